The van der Waals surface area contributed by atoms with Crippen molar-refractivity contribution in [3.63, 3.8) is 0 Å². The Balaban J connectivity index is 1.27. The van der Waals surface area contributed by atoms with E-state index in [-0.39, 0.29) is 31.1 Å². The molecule has 46 heavy (non-hydrogen) atoms. The van der Waals surface area contributed by atoms with Crippen molar-refractivity contribution >= 4 is 11.9 Å². The number of aliphatic hydroxyl groups is 1. The van der Waals surface area contributed by atoms with Gasteiger partial charge in [0.15, 0.2) is 6.29 Å². The van der Waals surface area contributed by atoms with Crippen LogP contribution < -0.4 is 5.32 Å². The normalized spacial score (nSPS) is 20.8. The van der Waals surface area contributed by atoms with Gasteiger partial charge in [-0.1, -0.05) is 92.1 Å². The first-order valence-electron chi connectivity index (χ1n) is 16.9. The van der Waals surface area contributed by atoms with Gasteiger partial charge in [0.25, 0.3) is 0 Å². The number of nitrogens with one attached hydrogen (secondary N) is 1. The first-order chi connectivity index (χ1) is 22.5. The van der Waals surface area contributed by atoms with Crippen LogP contribution in [0, 0.1) is 0 Å². The maximum atomic E-state index is 12.4. The maximum Gasteiger partial charge on any atom is 0.303 e. The molecule has 0 aliphatic carbocycles. The lowest BCUT2D eigenvalue weighted by molar-refractivity contribution is -0.253. The summed E-state index contributed by atoms with van der Waals surface area (Å²) in [6.45, 7) is 3.54. The summed E-state index contributed by atoms with van der Waals surface area (Å²) in [6, 6.07) is 24.4. The van der Waals surface area contributed by atoms with Gasteiger partial charge in [-0.05, 0) is 66.6 Å². The number of unbranched alkanes of at least 4 members (excludes halogenated alkanes) is 1. The fourth-order valence-corrected chi connectivity index (χ4v) is 6.44. The molecular formula is C38H48N2O6. The van der Waals surface area contributed by atoms with Crippen molar-refractivity contribution in [1.82, 2.24) is 10.2 Å². The minimum Gasteiger partial charge on any atom is -0.481 e. The number of hydrogen-bond donors (Lipinski definition) is 3. The second-order valence-corrected chi connectivity index (χ2v) is 12.6. The molecule has 1 amide bonds. The van der Waals surface area contributed by atoms with Crippen LogP contribution in [0.4, 0.5) is 0 Å². The maximum absolute atomic E-state index is 12.4. The van der Waals surface area contributed by atoms with Crippen LogP contribution in [0.25, 0.3) is 11.1 Å². The number of nitrogens with zero attached hydrogens (tertiary/aromatic N) is 1. The minimum atomic E-state index is -0.835. The van der Waals surface area contributed by atoms with Crippen LogP contribution in [-0.2, 0) is 32.2 Å². The highest BCUT2D eigenvalue weighted by atomic mass is 16.7. The van der Waals surface area contributed by atoms with Crippen LogP contribution in [0.1, 0.15) is 98.9 Å². The molecule has 3 unspecified atom stereocenters. The van der Waals surface area contributed by atoms with Gasteiger partial charge in [0.1, 0.15) is 0 Å². The van der Waals surface area contributed by atoms with Gasteiger partial charge in [-0.25, -0.2) is 0 Å². The van der Waals surface area contributed by atoms with E-state index in [1.54, 1.807) is 0 Å². The van der Waals surface area contributed by atoms with Crippen molar-refractivity contribution in [3.05, 3.63) is 95.1 Å². The lowest BCUT2D eigenvalue weighted by atomic mass is 9.97. The topological polar surface area (TPSA) is 108 Å². The van der Waals surface area contributed by atoms with Crippen LogP contribution in [0.2, 0.25) is 0 Å². The number of rotatable bonds is 13. The monoisotopic (exact) mass is 628 g/mol. The van der Waals surface area contributed by atoms with E-state index in [0.29, 0.717) is 25.8 Å². The second kappa shape index (κ2) is 17.4. The van der Waals surface area contributed by atoms with Crippen molar-refractivity contribution in [2.75, 3.05) is 19.6 Å². The van der Waals surface area contributed by atoms with Gasteiger partial charge in [-0.2, -0.15) is 0 Å². The first kappa shape index (κ1) is 33.8. The fourth-order valence-electron chi connectivity index (χ4n) is 6.44. The zero-order chi connectivity index (χ0) is 32.1. The Labute approximate surface area is 272 Å². The lowest BCUT2D eigenvalue weighted by Gasteiger charge is -2.39. The summed E-state index contributed by atoms with van der Waals surface area (Å²) in [6.07, 6.45) is 8.05. The number of amides is 1. The van der Waals surface area contributed by atoms with Crippen LogP contribution in [-0.4, -0.2) is 52.7 Å². The highest BCUT2D eigenvalue weighted by Crippen LogP contribution is 2.39. The smallest absolute Gasteiger partial charge is 0.303 e. The Morgan fingerprint density at radius 3 is 2.20 bits per heavy atom. The lowest BCUT2D eigenvalue weighted by Crippen LogP contribution is -2.40. The molecule has 2 fully saturated rings. The average molecular weight is 629 g/mol. The number of carboxylic acids is 1. The minimum absolute atomic E-state index is 0.0194. The summed E-state index contributed by atoms with van der Waals surface area (Å²) in [7, 11) is 0. The van der Waals surface area contributed by atoms with Crippen LogP contribution >= 0.6 is 0 Å². The number of likely N-dealkylation sites (tertiary alicyclic amines) is 1. The largest absolute Gasteiger partial charge is 0.481 e. The first-order valence-corrected chi connectivity index (χ1v) is 16.9. The van der Waals surface area contributed by atoms with E-state index in [9.17, 15) is 14.7 Å². The summed E-state index contributed by atoms with van der Waals surface area (Å²) in [5, 5.41) is 21.3. The Morgan fingerprint density at radius 2 is 1.48 bits per heavy atom. The van der Waals surface area contributed by atoms with Gasteiger partial charge in [0, 0.05) is 37.9 Å². The molecule has 0 bridgehead atoms. The molecule has 8 heteroatoms. The molecule has 246 valence electrons. The zero-order valence-electron chi connectivity index (χ0n) is 26.7. The van der Waals surface area contributed by atoms with E-state index >= 15 is 0 Å². The SMILES string of the molecule is O=C(O)CCCCC(=O)NCc1ccccc1-c1ccc(C2OC(CN3CCCCCCC3)CC(c3ccc(CO)cc3)O2)cc1. The molecule has 8 nitrogen and oxygen atoms in total. The van der Waals surface area contributed by atoms with E-state index in [1.807, 2.05) is 30.3 Å². The molecule has 2 aliphatic heterocycles. The third kappa shape index (κ3) is 9.97. The molecule has 0 spiro atoms. The molecule has 3 aromatic rings. The van der Waals surface area contributed by atoms with Crippen molar-refractivity contribution in [2.24, 2.45) is 0 Å². The molecule has 3 N–H and O–H groups in total. The standard InChI is InChI=1S/C38H48N2O6/c41-27-28-14-16-30(17-15-28)35-24-33(26-40-22-8-2-1-3-9-23-40)45-38(46-35)31-20-18-29(19-21-31)34-11-5-4-10-32(34)25-39-36(42)12-6-7-13-37(43)44/h4-5,10-11,14-21,33,35,38,41H,1-3,6-9,12-13,22-27H2,(H,39,42)(H,43,44). The van der Waals surface area contributed by atoms with Crippen molar-refractivity contribution in [1.29, 1.82) is 0 Å². The summed E-state index contributed by atoms with van der Waals surface area (Å²) >= 11 is 0. The third-order valence-corrected chi connectivity index (χ3v) is 9.06. The number of carboxylic acid groups (broad SMARTS) is 1. The number of aliphatic carboxylic acids is 1. The summed E-state index contributed by atoms with van der Waals surface area (Å²) in [5.41, 5.74) is 6.04. The molecule has 3 atom stereocenters. The van der Waals surface area contributed by atoms with Gasteiger partial charge >= 0.3 is 5.97 Å². The van der Waals surface area contributed by atoms with E-state index in [0.717, 1.165) is 59.4 Å². The quantitative estimate of drug-likeness (QED) is 0.176. The number of aliphatic hydroxyl groups excluding tert-OH is 1. The number of hydrogen-bond acceptors (Lipinski definition) is 6. The Bertz CT molecular complexity index is 1390. The number of ether oxygens (including phenoxy) is 2. The van der Waals surface area contributed by atoms with Crippen LogP contribution in [0.3, 0.4) is 0 Å². The van der Waals surface area contributed by atoms with E-state index in [2.05, 4.69) is 52.7 Å². The van der Waals surface area contributed by atoms with Gasteiger partial charge in [-0.15, -0.1) is 0 Å². The van der Waals surface area contributed by atoms with Crippen molar-refractivity contribution in [3.8, 4) is 11.1 Å². The summed E-state index contributed by atoms with van der Waals surface area (Å²) < 4.78 is 13.2. The molecule has 0 saturated carbocycles. The Morgan fingerprint density at radius 1 is 0.804 bits per heavy atom. The highest BCUT2D eigenvalue weighted by Gasteiger charge is 2.33. The summed E-state index contributed by atoms with van der Waals surface area (Å²) in [5.74, 6) is -0.911. The van der Waals surface area contributed by atoms with Gasteiger partial charge in [0.05, 0.1) is 18.8 Å². The number of benzene rings is 3. The van der Waals surface area contributed by atoms with Crippen molar-refractivity contribution in [2.45, 2.75) is 95.9 Å². The predicted octanol–water partition coefficient (Wildman–Crippen LogP) is 6.92. The highest BCUT2D eigenvalue weighted by molar-refractivity contribution is 5.76. The Hall–Kier alpha value is -3.56. The van der Waals surface area contributed by atoms with Gasteiger partial charge in [-0.3, -0.25) is 9.59 Å². The van der Waals surface area contributed by atoms with Crippen LogP contribution in [0.15, 0.2) is 72.8 Å². The van der Waals surface area contributed by atoms with Gasteiger partial charge < -0.3 is 29.9 Å². The molecule has 5 rings (SSSR count). The van der Waals surface area contributed by atoms with Gasteiger partial charge in [0.2, 0.25) is 5.91 Å². The third-order valence-electron chi connectivity index (χ3n) is 9.06. The van der Waals surface area contributed by atoms with E-state index in [4.69, 9.17) is 14.6 Å². The zero-order valence-corrected chi connectivity index (χ0v) is 26.7. The molecule has 0 radical (unpaired) electrons. The molecular weight excluding hydrogens is 580 g/mol. The predicted molar refractivity (Wildman–Crippen MR) is 178 cm³/mol. The molecule has 2 aliphatic rings. The van der Waals surface area contributed by atoms with E-state index in [1.165, 1.54) is 32.1 Å². The average Bonchev–Trinajstić information content (AvgIpc) is 3.07. The van der Waals surface area contributed by atoms with E-state index < -0.39 is 12.3 Å². The summed E-state index contributed by atoms with van der Waals surface area (Å²) in [4.78, 5) is 25.7. The molecule has 0 aromatic heterocycles. The number of carbonyl (C=O) groups is 2. The fraction of sp³-hybridized carbons (Fsp3) is 0.474. The molecule has 2 heterocycles. The Kier molecular flexibility index (Phi) is 12.8. The molecule has 2 saturated heterocycles. The number of carbonyl (C=O) groups excluding carboxylic acids is 1. The van der Waals surface area contributed by atoms with Crippen molar-refractivity contribution < 1.29 is 29.3 Å². The second-order valence-electron chi connectivity index (χ2n) is 12.6. The molecule has 3 aromatic carbocycles. The van der Waals surface area contributed by atoms with Crippen LogP contribution in [0.5, 0.6) is 0 Å².